The maximum Gasteiger partial charge on any atom is 0.254 e. The van der Waals surface area contributed by atoms with Crippen molar-refractivity contribution in [1.29, 1.82) is 0 Å². The van der Waals surface area contributed by atoms with Crippen LogP contribution in [0.25, 0.3) is 0 Å². The third-order valence-electron chi connectivity index (χ3n) is 4.17. The molecule has 140 valence electrons. The highest BCUT2D eigenvalue weighted by Crippen LogP contribution is 2.24. The molecule has 0 spiro atoms. The zero-order valence-corrected chi connectivity index (χ0v) is 16.2. The van der Waals surface area contributed by atoms with Crippen LogP contribution >= 0.6 is 0 Å². The van der Waals surface area contributed by atoms with Gasteiger partial charge >= 0.3 is 0 Å². The van der Waals surface area contributed by atoms with E-state index in [0.29, 0.717) is 5.75 Å². The van der Waals surface area contributed by atoms with Crippen molar-refractivity contribution in [2.45, 2.75) is 31.2 Å². The summed E-state index contributed by atoms with van der Waals surface area (Å²) < 4.78 is 33.2. The fourth-order valence-electron chi connectivity index (χ4n) is 2.58. The summed E-state index contributed by atoms with van der Waals surface area (Å²) in [7, 11) is -0.896. The Balaban J connectivity index is 2.30. The Morgan fingerprint density at radius 1 is 1.15 bits per heavy atom. The second-order valence-electron chi connectivity index (χ2n) is 5.88. The SMILES string of the molecule is CCc1ccc(C(C)NS(=O)(=O)c2ccc(OC)c(C(=O)NC)c2)cc1. The van der Waals surface area contributed by atoms with E-state index >= 15 is 0 Å². The molecule has 0 aromatic heterocycles. The van der Waals surface area contributed by atoms with Gasteiger partial charge in [0.25, 0.3) is 5.91 Å². The molecule has 0 saturated heterocycles. The second kappa shape index (κ2) is 8.33. The van der Waals surface area contributed by atoms with Gasteiger partial charge in [-0.1, -0.05) is 31.2 Å². The van der Waals surface area contributed by atoms with Crippen LogP contribution in [0.2, 0.25) is 0 Å². The number of amides is 1. The van der Waals surface area contributed by atoms with Crippen LogP contribution in [0.1, 0.15) is 41.4 Å². The van der Waals surface area contributed by atoms with Crippen LogP contribution in [0.5, 0.6) is 5.75 Å². The largest absolute Gasteiger partial charge is 0.496 e. The number of carbonyl (C=O) groups is 1. The summed E-state index contributed by atoms with van der Waals surface area (Å²) >= 11 is 0. The van der Waals surface area contributed by atoms with Gasteiger partial charge in [-0.3, -0.25) is 4.79 Å². The van der Waals surface area contributed by atoms with Gasteiger partial charge in [-0.2, -0.15) is 0 Å². The van der Waals surface area contributed by atoms with E-state index < -0.39 is 22.0 Å². The molecule has 0 fully saturated rings. The molecule has 2 N–H and O–H groups in total. The van der Waals surface area contributed by atoms with E-state index in [9.17, 15) is 13.2 Å². The third-order valence-corrected chi connectivity index (χ3v) is 5.71. The zero-order chi connectivity index (χ0) is 19.3. The number of rotatable bonds is 7. The second-order valence-corrected chi connectivity index (χ2v) is 7.59. The average molecular weight is 376 g/mol. The average Bonchev–Trinajstić information content (AvgIpc) is 2.66. The van der Waals surface area contributed by atoms with Crippen molar-refractivity contribution in [3.8, 4) is 5.75 Å². The molecule has 0 aliphatic carbocycles. The molecule has 7 heteroatoms. The first-order chi connectivity index (χ1) is 12.3. The van der Waals surface area contributed by atoms with E-state index in [0.717, 1.165) is 12.0 Å². The van der Waals surface area contributed by atoms with Crippen LogP contribution in [-0.4, -0.2) is 28.5 Å². The van der Waals surface area contributed by atoms with Gasteiger partial charge in [0, 0.05) is 13.1 Å². The van der Waals surface area contributed by atoms with Gasteiger partial charge in [0.05, 0.1) is 17.6 Å². The Morgan fingerprint density at radius 3 is 2.35 bits per heavy atom. The molecule has 6 nitrogen and oxygen atoms in total. The predicted molar refractivity (Wildman–Crippen MR) is 101 cm³/mol. The van der Waals surface area contributed by atoms with Gasteiger partial charge in [-0.25, -0.2) is 13.1 Å². The van der Waals surface area contributed by atoms with Crippen molar-refractivity contribution in [2.24, 2.45) is 0 Å². The Kier molecular flexibility index (Phi) is 6.39. The molecule has 0 heterocycles. The van der Waals surface area contributed by atoms with Gasteiger partial charge < -0.3 is 10.1 Å². The molecule has 0 radical (unpaired) electrons. The first kappa shape index (κ1) is 19.9. The lowest BCUT2D eigenvalue weighted by molar-refractivity contribution is 0.0960. The summed E-state index contributed by atoms with van der Waals surface area (Å²) in [5, 5.41) is 2.48. The highest BCUT2D eigenvalue weighted by Gasteiger charge is 2.21. The maximum atomic E-state index is 12.7. The molecule has 1 amide bonds. The van der Waals surface area contributed by atoms with E-state index in [-0.39, 0.29) is 10.5 Å². The highest BCUT2D eigenvalue weighted by atomic mass is 32.2. The van der Waals surface area contributed by atoms with E-state index in [1.54, 1.807) is 6.92 Å². The number of methoxy groups -OCH3 is 1. The Hall–Kier alpha value is -2.38. The van der Waals surface area contributed by atoms with E-state index in [4.69, 9.17) is 4.74 Å². The van der Waals surface area contributed by atoms with Gasteiger partial charge in [0.1, 0.15) is 5.75 Å². The normalized spacial score (nSPS) is 12.5. The summed E-state index contributed by atoms with van der Waals surface area (Å²) in [5.41, 5.74) is 2.22. The Morgan fingerprint density at radius 2 is 1.81 bits per heavy atom. The maximum absolute atomic E-state index is 12.7. The van der Waals surface area contributed by atoms with Crippen LogP contribution in [0.15, 0.2) is 47.4 Å². The van der Waals surface area contributed by atoms with Crippen LogP contribution in [0.4, 0.5) is 0 Å². The molecule has 0 saturated carbocycles. The quantitative estimate of drug-likeness (QED) is 0.778. The van der Waals surface area contributed by atoms with Gasteiger partial charge in [0.2, 0.25) is 10.0 Å². The molecule has 2 aromatic carbocycles. The van der Waals surface area contributed by atoms with Crippen molar-refractivity contribution < 1.29 is 17.9 Å². The van der Waals surface area contributed by atoms with Crippen molar-refractivity contribution in [3.63, 3.8) is 0 Å². The molecule has 0 aliphatic heterocycles. The Labute approximate surface area is 154 Å². The van der Waals surface area contributed by atoms with Gasteiger partial charge in [-0.05, 0) is 42.7 Å². The van der Waals surface area contributed by atoms with Crippen molar-refractivity contribution >= 4 is 15.9 Å². The molecular weight excluding hydrogens is 352 g/mol. The van der Waals surface area contributed by atoms with Crippen LogP contribution in [-0.2, 0) is 16.4 Å². The molecule has 1 atom stereocenters. The first-order valence-electron chi connectivity index (χ1n) is 8.33. The number of hydrogen-bond acceptors (Lipinski definition) is 4. The number of sulfonamides is 1. The lowest BCUT2D eigenvalue weighted by Gasteiger charge is -2.16. The summed E-state index contributed by atoms with van der Waals surface area (Å²) in [4.78, 5) is 12.0. The minimum absolute atomic E-state index is 0.00827. The van der Waals surface area contributed by atoms with Gasteiger partial charge in [0.15, 0.2) is 0 Å². The number of benzene rings is 2. The molecular formula is C19H24N2O4S. The summed E-state index contributed by atoms with van der Waals surface area (Å²) in [6, 6.07) is 11.6. The van der Waals surface area contributed by atoms with Crippen LogP contribution in [0.3, 0.4) is 0 Å². The molecule has 0 bridgehead atoms. The molecule has 26 heavy (non-hydrogen) atoms. The molecule has 0 aliphatic rings. The van der Waals surface area contributed by atoms with E-state index in [1.807, 2.05) is 24.3 Å². The smallest absolute Gasteiger partial charge is 0.254 e. The van der Waals surface area contributed by atoms with Crippen molar-refractivity contribution in [3.05, 3.63) is 59.2 Å². The topological polar surface area (TPSA) is 84.5 Å². The van der Waals surface area contributed by atoms with Crippen molar-refractivity contribution in [2.75, 3.05) is 14.2 Å². The zero-order valence-electron chi connectivity index (χ0n) is 15.4. The fraction of sp³-hybridized carbons (Fsp3) is 0.316. The number of ether oxygens (including phenoxy) is 1. The van der Waals surface area contributed by atoms with Gasteiger partial charge in [-0.15, -0.1) is 0 Å². The number of nitrogens with one attached hydrogen (secondary N) is 2. The minimum Gasteiger partial charge on any atom is -0.496 e. The lowest BCUT2D eigenvalue weighted by atomic mass is 10.1. The minimum atomic E-state index is -3.80. The number of aryl methyl sites for hydroxylation is 1. The summed E-state index contributed by atoms with van der Waals surface area (Å²) in [6.07, 6.45) is 0.925. The standard InChI is InChI=1S/C19H24N2O4S/c1-5-14-6-8-15(9-7-14)13(2)21-26(23,24)16-10-11-18(25-4)17(12-16)19(22)20-3/h6-13,21H,5H2,1-4H3,(H,20,22). The Bertz CT molecular complexity index is 877. The van der Waals surface area contributed by atoms with Crippen LogP contribution < -0.4 is 14.8 Å². The van der Waals surface area contributed by atoms with Crippen LogP contribution in [0, 0.1) is 0 Å². The first-order valence-corrected chi connectivity index (χ1v) is 9.82. The third kappa shape index (κ3) is 4.42. The lowest BCUT2D eigenvalue weighted by Crippen LogP contribution is -2.27. The monoisotopic (exact) mass is 376 g/mol. The van der Waals surface area contributed by atoms with E-state index in [2.05, 4.69) is 17.0 Å². The summed E-state index contributed by atoms with van der Waals surface area (Å²) in [6.45, 7) is 3.84. The number of carbonyl (C=O) groups excluding carboxylic acids is 1. The number of hydrogen-bond donors (Lipinski definition) is 2. The molecule has 2 aromatic rings. The predicted octanol–water partition coefficient (Wildman–Crippen LogP) is 2.66. The summed E-state index contributed by atoms with van der Waals surface area (Å²) in [5.74, 6) is -0.103. The van der Waals surface area contributed by atoms with Crippen molar-refractivity contribution in [1.82, 2.24) is 10.0 Å². The molecule has 2 rings (SSSR count). The molecule has 1 unspecified atom stereocenters. The fourth-order valence-corrected chi connectivity index (χ4v) is 3.83. The highest BCUT2D eigenvalue weighted by molar-refractivity contribution is 7.89. The van der Waals surface area contributed by atoms with E-state index in [1.165, 1.54) is 37.9 Å².